The summed E-state index contributed by atoms with van der Waals surface area (Å²) in [6.45, 7) is -0.0900. The van der Waals surface area contributed by atoms with Gasteiger partial charge in [0.15, 0.2) is 6.61 Å². The van der Waals surface area contributed by atoms with Gasteiger partial charge in [0.25, 0.3) is 5.89 Å². The number of carbonyl (C=O) groups excluding carboxylic acids is 1. The number of aromatic nitrogens is 2. The van der Waals surface area contributed by atoms with Crippen LogP contribution in [0, 0.1) is 0 Å². The van der Waals surface area contributed by atoms with Crippen molar-refractivity contribution in [1.29, 1.82) is 0 Å². The Bertz CT molecular complexity index is 889. The van der Waals surface area contributed by atoms with Gasteiger partial charge < -0.3 is 9.26 Å². The second-order valence-corrected chi connectivity index (χ2v) is 6.36. The quantitative estimate of drug-likeness (QED) is 0.434. The fourth-order valence-corrected chi connectivity index (χ4v) is 2.34. The highest BCUT2D eigenvalue weighted by Gasteiger charge is 2.10. The molecule has 0 fully saturated rings. The maximum Gasteiger partial charge on any atom is 0.331 e. The van der Waals surface area contributed by atoms with Gasteiger partial charge in [0.05, 0.1) is 0 Å². The smallest absolute Gasteiger partial charge is 0.331 e. The van der Waals surface area contributed by atoms with Crippen molar-refractivity contribution in [2.45, 2.75) is 6.61 Å². The number of nitrogens with zero attached hydrogens (tertiary/aromatic N) is 2. The number of ether oxygens (including phenoxy) is 1. The summed E-state index contributed by atoms with van der Waals surface area (Å²) in [6, 6.07) is 14.6. The summed E-state index contributed by atoms with van der Waals surface area (Å²) < 4.78 is 11.1. The Morgan fingerprint density at radius 3 is 2.60 bits per heavy atom. The number of benzene rings is 2. The van der Waals surface area contributed by atoms with Gasteiger partial charge in [0.2, 0.25) is 5.82 Å². The summed E-state index contributed by atoms with van der Waals surface area (Å²) in [7, 11) is 0. The van der Waals surface area contributed by atoms with Crippen LogP contribution in [0.3, 0.4) is 0 Å². The maximum absolute atomic E-state index is 11.7. The van der Waals surface area contributed by atoms with Crippen molar-refractivity contribution in [3.63, 3.8) is 0 Å². The van der Waals surface area contributed by atoms with Crippen LogP contribution in [0.4, 0.5) is 0 Å². The van der Waals surface area contributed by atoms with Crippen LogP contribution in [0.5, 0.6) is 0 Å². The second-order valence-electron chi connectivity index (χ2n) is 5.01. The summed E-state index contributed by atoms with van der Waals surface area (Å²) in [4.78, 5) is 15.9. The molecule has 126 valence electrons. The third kappa shape index (κ3) is 5.01. The van der Waals surface area contributed by atoms with Crippen molar-refractivity contribution in [2.24, 2.45) is 0 Å². The van der Waals surface area contributed by atoms with Gasteiger partial charge in [-0.1, -0.05) is 44.8 Å². The van der Waals surface area contributed by atoms with Crippen molar-refractivity contribution in [1.82, 2.24) is 10.1 Å². The largest absolute Gasteiger partial charge is 0.452 e. The number of rotatable bonds is 5. The first-order valence-corrected chi connectivity index (χ1v) is 8.46. The molecule has 3 rings (SSSR count). The van der Waals surface area contributed by atoms with Gasteiger partial charge >= 0.3 is 5.97 Å². The molecule has 0 unspecified atom stereocenters. The average Bonchev–Trinajstić information content (AvgIpc) is 3.09. The lowest BCUT2D eigenvalue weighted by atomic mass is 10.2. The third-order valence-electron chi connectivity index (χ3n) is 3.19. The van der Waals surface area contributed by atoms with Crippen LogP contribution in [0.25, 0.3) is 17.5 Å². The first-order valence-electron chi connectivity index (χ1n) is 7.29. The molecule has 0 amide bonds. The van der Waals surface area contributed by atoms with Crippen LogP contribution >= 0.6 is 27.5 Å². The fraction of sp³-hybridized carbons (Fsp3) is 0.0556. The molecule has 0 aliphatic rings. The summed E-state index contributed by atoms with van der Waals surface area (Å²) in [6.07, 6.45) is 2.97. The van der Waals surface area contributed by atoms with Gasteiger partial charge in [-0.25, -0.2) is 4.79 Å². The van der Waals surface area contributed by atoms with E-state index in [9.17, 15) is 4.79 Å². The summed E-state index contributed by atoms with van der Waals surface area (Å²) in [5.74, 6) is 0.166. The van der Waals surface area contributed by atoms with Crippen LogP contribution in [0.1, 0.15) is 11.5 Å². The number of halogens is 2. The minimum absolute atomic E-state index is 0.0900. The Balaban J connectivity index is 1.55. The van der Waals surface area contributed by atoms with Crippen LogP contribution in [-0.2, 0) is 16.1 Å². The average molecular weight is 420 g/mol. The van der Waals surface area contributed by atoms with E-state index in [0.717, 1.165) is 15.6 Å². The maximum atomic E-state index is 11.7. The molecule has 3 aromatic rings. The van der Waals surface area contributed by atoms with E-state index < -0.39 is 5.97 Å². The van der Waals surface area contributed by atoms with E-state index in [-0.39, 0.29) is 12.5 Å². The summed E-state index contributed by atoms with van der Waals surface area (Å²) in [5, 5.41) is 4.51. The van der Waals surface area contributed by atoms with Crippen molar-refractivity contribution < 1.29 is 14.1 Å². The minimum Gasteiger partial charge on any atom is -0.452 e. The van der Waals surface area contributed by atoms with Crippen LogP contribution < -0.4 is 0 Å². The molecule has 0 aliphatic carbocycles. The lowest BCUT2D eigenvalue weighted by molar-refractivity contribution is -0.139. The molecule has 0 spiro atoms. The molecule has 0 N–H and O–H groups in total. The Morgan fingerprint density at radius 1 is 1.16 bits per heavy atom. The van der Waals surface area contributed by atoms with Crippen molar-refractivity contribution in [3.8, 4) is 11.4 Å². The Hall–Kier alpha value is -2.44. The molecule has 5 nitrogen and oxygen atoms in total. The molecule has 0 radical (unpaired) electrons. The normalized spacial score (nSPS) is 11.0. The molecule has 1 aromatic heterocycles. The molecule has 0 bridgehead atoms. The molecular formula is C18H12BrClN2O3. The molecule has 0 aliphatic heterocycles. The van der Waals surface area contributed by atoms with Gasteiger partial charge in [-0.2, -0.15) is 4.98 Å². The minimum atomic E-state index is -0.502. The van der Waals surface area contributed by atoms with Gasteiger partial charge in [-0.15, -0.1) is 0 Å². The predicted octanol–water partition coefficient (Wildman–Crippen LogP) is 4.91. The number of hydrogen-bond acceptors (Lipinski definition) is 5. The van der Waals surface area contributed by atoms with Gasteiger partial charge in [0, 0.05) is 21.1 Å². The summed E-state index contributed by atoms with van der Waals surface area (Å²) >= 11 is 9.17. The second kappa shape index (κ2) is 8.09. The highest BCUT2D eigenvalue weighted by atomic mass is 79.9. The van der Waals surface area contributed by atoms with Crippen LogP contribution in [-0.4, -0.2) is 16.1 Å². The fourth-order valence-electron chi connectivity index (χ4n) is 1.95. The van der Waals surface area contributed by atoms with E-state index in [1.54, 1.807) is 30.3 Å². The zero-order valence-corrected chi connectivity index (χ0v) is 15.2. The first-order chi connectivity index (χ1) is 12.1. The van der Waals surface area contributed by atoms with Gasteiger partial charge in [-0.3, -0.25) is 0 Å². The van der Waals surface area contributed by atoms with Gasteiger partial charge in [0.1, 0.15) is 0 Å². The molecule has 2 aromatic carbocycles. The van der Waals surface area contributed by atoms with Crippen molar-refractivity contribution >= 4 is 39.6 Å². The highest BCUT2D eigenvalue weighted by Crippen LogP contribution is 2.19. The topological polar surface area (TPSA) is 65.2 Å². The van der Waals surface area contributed by atoms with E-state index >= 15 is 0 Å². The molecule has 25 heavy (non-hydrogen) atoms. The number of esters is 1. The third-order valence-corrected chi connectivity index (χ3v) is 3.97. The molecular weight excluding hydrogens is 408 g/mol. The van der Waals surface area contributed by atoms with Crippen LogP contribution in [0.15, 0.2) is 63.6 Å². The standard InChI is InChI=1S/C18H12BrClN2O3/c19-14-6-4-13(5-7-14)18-21-16(25-22-18)11-24-17(23)10-3-12-1-8-15(20)9-2-12/h1-10H,11H2/b10-3+. The predicted molar refractivity (Wildman–Crippen MR) is 97.7 cm³/mol. The number of carbonyl (C=O) groups is 1. The number of hydrogen-bond donors (Lipinski definition) is 0. The Labute approximate surface area is 157 Å². The Kier molecular flexibility index (Phi) is 5.63. The van der Waals surface area contributed by atoms with E-state index in [4.69, 9.17) is 20.9 Å². The highest BCUT2D eigenvalue weighted by molar-refractivity contribution is 9.10. The van der Waals surface area contributed by atoms with E-state index in [1.165, 1.54) is 6.08 Å². The monoisotopic (exact) mass is 418 g/mol. The zero-order valence-electron chi connectivity index (χ0n) is 12.9. The molecule has 7 heteroatoms. The zero-order chi connectivity index (χ0) is 17.6. The SMILES string of the molecule is O=C(/C=C/c1ccc(Cl)cc1)OCc1nc(-c2ccc(Br)cc2)no1. The van der Waals surface area contributed by atoms with E-state index in [0.29, 0.717) is 10.8 Å². The Morgan fingerprint density at radius 2 is 1.88 bits per heavy atom. The van der Waals surface area contributed by atoms with E-state index in [1.807, 2.05) is 24.3 Å². The molecule has 1 heterocycles. The molecule has 0 saturated heterocycles. The lowest BCUT2D eigenvalue weighted by Crippen LogP contribution is -2.00. The van der Waals surface area contributed by atoms with Crippen molar-refractivity contribution in [3.05, 3.63) is 75.6 Å². The molecule has 0 atom stereocenters. The van der Waals surface area contributed by atoms with Gasteiger partial charge in [-0.05, 0) is 48.0 Å². The first kappa shape index (κ1) is 17.4. The van der Waals surface area contributed by atoms with Crippen LogP contribution in [0.2, 0.25) is 5.02 Å². The summed E-state index contributed by atoms with van der Waals surface area (Å²) in [5.41, 5.74) is 1.66. The lowest BCUT2D eigenvalue weighted by Gasteiger charge is -1.97. The molecule has 0 saturated carbocycles. The van der Waals surface area contributed by atoms with Crippen molar-refractivity contribution in [2.75, 3.05) is 0 Å². The van der Waals surface area contributed by atoms with E-state index in [2.05, 4.69) is 26.1 Å².